The van der Waals surface area contributed by atoms with Gasteiger partial charge >= 0.3 is 5.97 Å². The van der Waals surface area contributed by atoms with Crippen molar-refractivity contribution in [3.05, 3.63) is 94.5 Å². The zero-order valence-electron chi connectivity index (χ0n) is 16.7. The molecule has 7 heteroatoms. The fourth-order valence-electron chi connectivity index (χ4n) is 2.75. The predicted octanol–water partition coefficient (Wildman–Crippen LogP) is 5.28. The van der Waals surface area contributed by atoms with Gasteiger partial charge < -0.3 is 19.9 Å². The second kappa shape index (κ2) is 10.3. The minimum atomic E-state index is -1.17. The summed E-state index contributed by atoms with van der Waals surface area (Å²) in [6.45, 7) is 0.476. The van der Waals surface area contributed by atoms with Crippen molar-refractivity contribution in [3.8, 4) is 11.5 Å². The van der Waals surface area contributed by atoms with Crippen molar-refractivity contribution in [1.29, 1.82) is 0 Å². The van der Waals surface area contributed by atoms with Crippen molar-refractivity contribution in [2.45, 2.75) is 6.61 Å². The maximum absolute atomic E-state index is 12.2. The summed E-state index contributed by atoms with van der Waals surface area (Å²) in [7, 11) is 1.34. The van der Waals surface area contributed by atoms with Gasteiger partial charge in [0.15, 0.2) is 0 Å². The molecule has 0 saturated heterocycles. The van der Waals surface area contributed by atoms with Gasteiger partial charge in [-0.1, -0.05) is 54.1 Å². The molecule has 0 aliphatic carbocycles. The van der Waals surface area contributed by atoms with Gasteiger partial charge in [0.1, 0.15) is 23.7 Å². The Balaban J connectivity index is 1.60. The van der Waals surface area contributed by atoms with Crippen molar-refractivity contribution in [1.82, 2.24) is 0 Å². The van der Waals surface area contributed by atoms with E-state index >= 15 is 0 Å². The quantitative estimate of drug-likeness (QED) is 0.468. The minimum Gasteiger partial charge on any atom is -0.496 e. The van der Waals surface area contributed by atoms with Crippen LogP contribution in [-0.4, -0.2) is 24.1 Å². The van der Waals surface area contributed by atoms with Crippen LogP contribution in [0, 0.1) is 0 Å². The van der Waals surface area contributed by atoms with E-state index in [1.807, 2.05) is 54.6 Å². The first kappa shape index (κ1) is 21.9. The second-order valence-corrected chi connectivity index (χ2v) is 6.91. The van der Waals surface area contributed by atoms with E-state index in [2.05, 4.69) is 5.32 Å². The molecule has 3 aromatic rings. The van der Waals surface area contributed by atoms with Crippen LogP contribution in [-0.2, 0) is 11.4 Å². The third-order valence-electron chi connectivity index (χ3n) is 4.33. The van der Waals surface area contributed by atoms with Crippen LogP contribution in [0.3, 0.4) is 0 Å². The molecular formula is C24H20ClNO5. The average Bonchev–Trinajstić information content (AvgIpc) is 2.78. The van der Waals surface area contributed by atoms with Crippen molar-refractivity contribution >= 4 is 35.2 Å². The third kappa shape index (κ3) is 6.10. The molecule has 0 saturated carbocycles. The number of carboxylic acids is 1. The molecule has 0 fully saturated rings. The Morgan fingerprint density at radius 2 is 1.77 bits per heavy atom. The summed E-state index contributed by atoms with van der Waals surface area (Å²) >= 11 is 6.08. The predicted molar refractivity (Wildman–Crippen MR) is 120 cm³/mol. The van der Waals surface area contributed by atoms with E-state index in [1.165, 1.54) is 25.3 Å². The van der Waals surface area contributed by atoms with Crippen molar-refractivity contribution in [2.24, 2.45) is 0 Å². The number of carbonyl (C=O) groups excluding carboxylic acids is 1. The van der Waals surface area contributed by atoms with Gasteiger partial charge in [-0.05, 0) is 35.4 Å². The lowest BCUT2D eigenvalue weighted by atomic mass is 10.1. The Morgan fingerprint density at radius 3 is 2.42 bits per heavy atom. The van der Waals surface area contributed by atoms with E-state index in [0.717, 1.165) is 16.9 Å². The normalized spacial score (nSPS) is 10.6. The number of rotatable bonds is 8. The number of halogens is 1. The number of amides is 1. The molecule has 1 amide bonds. The molecule has 3 aromatic carbocycles. The van der Waals surface area contributed by atoms with E-state index in [1.54, 1.807) is 6.08 Å². The van der Waals surface area contributed by atoms with Gasteiger partial charge in [0.2, 0.25) is 5.91 Å². The van der Waals surface area contributed by atoms with Gasteiger partial charge in [0, 0.05) is 12.1 Å². The highest BCUT2D eigenvalue weighted by Gasteiger charge is 2.15. The molecule has 31 heavy (non-hydrogen) atoms. The van der Waals surface area contributed by atoms with Crippen LogP contribution in [0.25, 0.3) is 6.08 Å². The minimum absolute atomic E-state index is 0.0874. The Kier molecular flexibility index (Phi) is 7.30. The number of nitrogens with one attached hydrogen (secondary N) is 1. The zero-order chi connectivity index (χ0) is 22.2. The maximum atomic E-state index is 12.2. The van der Waals surface area contributed by atoms with E-state index < -0.39 is 11.9 Å². The highest BCUT2D eigenvalue weighted by atomic mass is 35.5. The van der Waals surface area contributed by atoms with Gasteiger partial charge in [-0.15, -0.1) is 0 Å². The van der Waals surface area contributed by atoms with Gasteiger partial charge in [-0.2, -0.15) is 0 Å². The number of hydrogen-bond donors (Lipinski definition) is 2. The first-order valence-electron chi connectivity index (χ1n) is 9.33. The summed E-state index contributed by atoms with van der Waals surface area (Å²) in [5.74, 6) is -0.769. The summed E-state index contributed by atoms with van der Waals surface area (Å²) in [4.78, 5) is 23.5. The number of anilines is 1. The molecule has 0 unspecified atom stereocenters. The number of methoxy groups -OCH3 is 1. The number of hydrogen-bond acceptors (Lipinski definition) is 4. The van der Waals surface area contributed by atoms with Crippen LogP contribution in [0.2, 0.25) is 5.02 Å². The maximum Gasteiger partial charge on any atom is 0.339 e. The zero-order valence-corrected chi connectivity index (χ0v) is 17.4. The van der Waals surface area contributed by atoms with Crippen LogP contribution in [0.5, 0.6) is 11.5 Å². The lowest BCUT2D eigenvalue weighted by Crippen LogP contribution is -2.09. The summed E-state index contributed by atoms with van der Waals surface area (Å²) in [5.41, 5.74) is 2.06. The Labute approximate surface area is 184 Å². The number of benzene rings is 3. The molecular weight excluding hydrogens is 418 g/mol. The second-order valence-electron chi connectivity index (χ2n) is 6.50. The van der Waals surface area contributed by atoms with Crippen LogP contribution < -0.4 is 14.8 Å². The smallest absolute Gasteiger partial charge is 0.339 e. The third-order valence-corrected chi connectivity index (χ3v) is 4.65. The molecule has 0 bridgehead atoms. The Bertz CT molecular complexity index is 1090. The summed E-state index contributed by atoms with van der Waals surface area (Å²) in [6.07, 6.45) is 3.00. The topological polar surface area (TPSA) is 84.9 Å². The lowest BCUT2D eigenvalue weighted by Gasteiger charge is -2.10. The fourth-order valence-corrected chi connectivity index (χ4v) is 2.96. The molecule has 158 valence electrons. The van der Waals surface area contributed by atoms with Gasteiger partial charge in [-0.25, -0.2) is 4.79 Å². The van der Waals surface area contributed by atoms with Crippen LogP contribution in [0.15, 0.2) is 72.8 Å². The SMILES string of the molecule is COc1cc(NC(=O)/C=C/c2ccc(OCc3ccccc3)cc2)c(Cl)cc1C(=O)O. The van der Waals surface area contributed by atoms with Crippen LogP contribution in [0.1, 0.15) is 21.5 Å². The molecule has 0 radical (unpaired) electrons. The Hall–Kier alpha value is -3.77. The van der Waals surface area contributed by atoms with Gasteiger partial charge in [0.05, 0.1) is 17.8 Å². The molecule has 6 nitrogen and oxygen atoms in total. The van der Waals surface area contributed by atoms with E-state index in [4.69, 9.17) is 26.2 Å². The molecule has 3 rings (SSSR count). The van der Waals surface area contributed by atoms with Crippen LogP contribution >= 0.6 is 11.6 Å². The highest BCUT2D eigenvalue weighted by Crippen LogP contribution is 2.31. The van der Waals surface area contributed by atoms with Gasteiger partial charge in [-0.3, -0.25) is 4.79 Å². The van der Waals surface area contributed by atoms with E-state index in [9.17, 15) is 9.59 Å². The Morgan fingerprint density at radius 1 is 1.06 bits per heavy atom. The molecule has 0 aromatic heterocycles. The monoisotopic (exact) mass is 437 g/mol. The first-order valence-corrected chi connectivity index (χ1v) is 9.70. The molecule has 0 aliphatic rings. The van der Waals surface area contributed by atoms with Crippen LogP contribution in [0.4, 0.5) is 5.69 Å². The highest BCUT2D eigenvalue weighted by molar-refractivity contribution is 6.34. The molecule has 2 N–H and O–H groups in total. The summed E-state index contributed by atoms with van der Waals surface area (Å²) in [6, 6.07) is 19.8. The van der Waals surface area contributed by atoms with E-state index in [0.29, 0.717) is 6.61 Å². The number of carbonyl (C=O) groups is 2. The fraction of sp³-hybridized carbons (Fsp3) is 0.0833. The van der Waals surface area contributed by atoms with Gasteiger partial charge in [0.25, 0.3) is 0 Å². The molecule has 0 aliphatic heterocycles. The lowest BCUT2D eigenvalue weighted by molar-refractivity contribution is -0.111. The number of ether oxygens (including phenoxy) is 2. The summed E-state index contributed by atoms with van der Waals surface area (Å²) < 4.78 is 10.8. The summed E-state index contributed by atoms with van der Waals surface area (Å²) in [5, 5.41) is 11.9. The van der Waals surface area contributed by atoms with E-state index in [-0.39, 0.29) is 22.0 Å². The van der Waals surface area contributed by atoms with Crippen molar-refractivity contribution < 1.29 is 24.2 Å². The first-order chi connectivity index (χ1) is 15.0. The molecule has 0 spiro atoms. The van der Waals surface area contributed by atoms with Crippen molar-refractivity contribution in [3.63, 3.8) is 0 Å². The average molecular weight is 438 g/mol. The molecule has 0 heterocycles. The number of carboxylic acid groups (broad SMARTS) is 1. The standard InChI is InChI=1S/C24H20ClNO5/c1-30-22-14-21(20(25)13-19(22)24(28)29)26-23(27)12-9-16-7-10-18(11-8-16)31-15-17-5-3-2-4-6-17/h2-14H,15H2,1H3,(H,26,27)(H,28,29)/b12-9+. The number of aromatic carboxylic acids is 1. The largest absolute Gasteiger partial charge is 0.496 e. The van der Waals surface area contributed by atoms with Crippen molar-refractivity contribution in [2.75, 3.05) is 12.4 Å². The molecule has 0 atom stereocenters.